The van der Waals surface area contributed by atoms with Crippen LogP contribution in [-0.2, 0) is 24.2 Å². The number of likely N-dealkylation sites (N-methyl/N-ethyl adjacent to an activating group) is 1. The molecule has 0 saturated carbocycles. The van der Waals surface area contributed by atoms with E-state index in [1.54, 1.807) is 6.21 Å². The Morgan fingerprint density at radius 1 is 1.21 bits per heavy atom. The average Bonchev–Trinajstić information content (AvgIpc) is 3.14. The number of amides is 1. The lowest BCUT2D eigenvalue weighted by Gasteiger charge is -2.32. The normalized spacial score (nSPS) is 23.7. The summed E-state index contributed by atoms with van der Waals surface area (Å²) >= 11 is 0. The Morgan fingerprint density at radius 2 is 2.00 bits per heavy atom. The second kappa shape index (κ2) is 6.53. The van der Waals surface area contributed by atoms with Gasteiger partial charge in [0.1, 0.15) is 0 Å². The maximum Gasteiger partial charge on any atom is 0.273 e. The van der Waals surface area contributed by atoms with Gasteiger partial charge in [0.25, 0.3) is 5.91 Å². The highest BCUT2D eigenvalue weighted by molar-refractivity contribution is 6.18. The van der Waals surface area contributed by atoms with Crippen LogP contribution in [0.5, 0.6) is 0 Å². The molecule has 0 atom stereocenters. The van der Waals surface area contributed by atoms with E-state index in [0.29, 0.717) is 5.57 Å². The third-order valence-corrected chi connectivity index (χ3v) is 5.35. The minimum atomic E-state index is -0.117. The molecule has 24 heavy (non-hydrogen) atoms. The van der Waals surface area contributed by atoms with Crippen LogP contribution in [-0.4, -0.2) is 60.1 Å². The first-order valence-electron chi connectivity index (χ1n) is 8.89. The van der Waals surface area contributed by atoms with Crippen molar-refractivity contribution in [1.29, 1.82) is 0 Å². The van der Waals surface area contributed by atoms with Crippen molar-refractivity contribution in [2.75, 3.05) is 33.2 Å². The number of H-pyrrole nitrogens is 1. The Labute approximate surface area is 142 Å². The summed E-state index contributed by atoms with van der Waals surface area (Å²) in [5.74, 6) is -0.117. The molecule has 6 heteroatoms. The summed E-state index contributed by atoms with van der Waals surface area (Å²) in [6.45, 7) is 5.43. The van der Waals surface area contributed by atoms with Gasteiger partial charge in [0.2, 0.25) is 0 Å². The van der Waals surface area contributed by atoms with E-state index in [-0.39, 0.29) is 5.91 Å². The van der Waals surface area contributed by atoms with Crippen LogP contribution in [0.15, 0.2) is 10.7 Å². The summed E-state index contributed by atoms with van der Waals surface area (Å²) in [7, 11) is 2.18. The standard InChI is InChI=1S/C18H25N5O/c1-22-6-8-23(9-7-22)12-15-14-4-2-3-5-16(14)20-17(15)10-13-11-19-21-18(13)24/h10-11,20H,2-9,12H2,1H3,(H,21,24)/b13-10+. The fourth-order valence-electron chi connectivity index (χ4n) is 3.85. The van der Waals surface area contributed by atoms with Gasteiger partial charge in [-0.3, -0.25) is 9.69 Å². The van der Waals surface area contributed by atoms with Gasteiger partial charge in [0, 0.05) is 44.1 Å². The number of carbonyl (C=O) groups excluding carboxylic acids is 1. The van der Waals surface area contributed by atoms with E-state index in [9.17, 15) is 4.79 Å². The zero-order valence-electron chi connectivity index (χ0n) is 14.3. The van der Waals surface area contributed by atoms with Crippen LogP contribution in [0.4, 0.5) is 0 Å². The molecule has 1 aromatic rings. The fourth-order valence-corrected chi connectivity index (χ4v) is 3.85. The summed E-state index contributed by atoms with van der Waals surface area (Å²) in [5.41, 5.74) is 8.46. The van der Waals surface area contributed by atoms with E-state index >= 15 is 0 Å². The average molecular weight is 327 g/mol. The number of nitrogens with one attached hydrogen (secondary N) is 2. The smallest absolute Gasteiger partial charge is 0.273 e. The lowest BCUT2D eigenvalue weighted by atomic mass is 9.94. The lowest BCUT2D eigenvalue weighted by molar-refractivity contribution is -0.116. The van der Waals surface area contributed by atoms with E-state index in [1.807, 2.05) is 6.08 Å². The summed E-state index contributed by atoms with van der Waals surface area (Å²) in [6, 6.07) is 0. The van der Waals surface area contributed by atoms with Crippen molar-refractivity contribution >= 4 is 18.2 Å². The van der Waals surface area contributed by atoms with Crippen molar-refractivity contribution in [3.05, 3.63) is 28.1 Å². The zero-order chi connectivity index (χ0) is 16.5. The first-order valence-corrected chi connectivity index (χ1v) is 8.89. The third kappa shape index (κ3) is 3.03. The number of hydrazone groups is 1. The van der Waals surface area contributed by atoms with Crippen molar-refractivity contribution in [2.24, 2.45) is 5.10 Å². The van der Waals surface area contributed by atoms with Crippen molar-refractivity contribution < 1.29 is 4.79 Å². The van der Waals surface area contributed by atoms with Crippen LogP contribution in [0.25, 0.3) is 6.08 Å². The molecule has 1 aromatic heterocycles. The molecule has 1 aliphatic carbocycles. The molecule has 1 amide bonds. The number of hydrogen-bond acceptors (Lipinski definition) is 4. The van der Waals surface area contributed by atoms with Gasteiger partial charge in [0.15, 0.2) is 0 Å². The van der Waals surface area contributed by atoms with Gasteiger partial charge in [0.05, 0.1) is 11.8 Å². The van der Waals surface area contributed by atoms with Crippen LogP contribution in [0, 0.1) is 0 Å². The number of fused-ring (bicyclic) bond motifs is 1. The molecule has 0 unspecified atom stereocenters. The second-order valence-corrected chi connectivity index (χ2v) is 7.06. The van der Waals surface area contributed by atoms with Gasteiger partial charge in [-0.25, -0.2) is 5.43 Å². The molecule has 2 aliphatic heterocycles. The lowest BCUT2D eigenvalue weighted by Crippen LogP contribution is -2.44. The minimum Gasteiger partial charge on any atom is -0.358 e. The highest BCUT2D eigenvalue weighted by Gasteiger charge is 2.23. The molecule has 2 N–H and O–H groups in total. The number of aromatic amines is 1. The molecule has 3 aliphatic rings. The maximum absolute atomic E-state index is 11.8. The third-order valence-electron chi connectivity index (χ3n) is 5.35. The van der Waals surface area contributed by atoms with E-state index in [2.05, 4.69) is 32.4 Å². The van der Waals surface area contributed by atoms with Crippen LogP contribution in [0.3, 0.4) is 0 Å². The Hall–Kier alpha value is -1.92. The second-order valence-electron chi connectivity index (χ2n) is 7.06. The van der Waals surface area contributed by atoms with Crippen LogP contribution in [0.1, 0.15) is 35.4 Å². The molecule has 4 rings (SSSR count). The van der Waals surface area contributed by atoms with Gasteiger partial charge in [-0.15, -0.1) is 0 Å². The topological polar surface area (TPSA) is 63.7 Å². The zero-order valence-corrected chi connectivity index (χ0v) is 14.3. The predicted molar refractivity (Wildman–Crippen MR) is 94.8 cm³/mol. The fraction of sp³-hybridized carbons (Fsp3) is 0.556. The molecule has 1 saturated heterocycles. The number of aryl methyl sites for hydroxylation is 1. The summed E-state index contributed by atoms with van der Waals surface area (Å²) in [4.78, 5) is 20.3. The van der Waals surface area contributed by atoms with E-state index in [4.69, 9.17) is 0 Å². The first-order chi connectivity index (χ1) is 11.7. The highest BCUT2D eigenvalue weighted by atomic mass is 16.2. The largest absolute Gasteiger partial charge is 0.358 e. The number of piperazine rings is 1. The maximum atomic E-state index is 11.8. The molecule has 0 bridgehead atoms. The van der Waals surface area contributed by atoms with Crippen molar-refractivity contribution in [3.63, 3.8) is 0 Å². The molecule has 0 spiro atoms. The summed E-state index contributed by atoms with van der Waals surface area (Å²) in [5, 5.41) is 3.85. The predicted octanol–water partition coefficient (Wildman–Crippen LogP) is 1.14. The Balaban J connectivity index is 1.64. The minimum absolute atomic E-state index is 0.117. The van der Waals surface area contributed by atoms with Crippen molar-refractivity contribution in [2.45, 2.75) is 32.2 Å². The summed E-state index contributed by atoms with van der Waals surface area (Å²) < 4.78 is 0. The van der Waals surface area contributed by atoms with E-state index in [0.717, 1.165) is 51.3 Å². The Kier molecular flexibility index (Phi) is 4.24. The van der Waals surface area contributed by atoms with E-state index in [1.165, 1.54) is 29.7 Å². The Morgan fingerprint density at radius 3 is 2.75 bits per heavy atom. The first kappa shape index (κ1) is 15.6. The SMILES string of the molecule is CN1CCN(Cc2c(/C=C3\C=NNC3=O)[nH]c3c2CCCC3)CC1. The summed E-state index contributed by atoms with van der Waals surface area (Å²) in [6.07, 6.45) is 8.36. The molecule has 3 heterocycles. The molecule has 128 valence electrons. The van der Waals surface area contributed by atoms with Gasteiger partial charge in [-0.1, -0.05) is 0 Å². The highest BCUT2D eigenvalue weighted by Crippen LogP contribution is 2.29. The number of rotatable bonds is 3. The van der Waals surface area contributed by atoms with Gasteiger partial charge in [-0.2, -0.15) is 5.10 Å². The molecule has 0 aromatic carbocycles. The quantitative estimate of drug-likeness (QED) is 0.819. The van der Waals surface area contributed by atoms with Crippen molar-refractivity contribution in [1.82, 2.24) is 20.2 Å². The number of carbonyl (C=O) groups is 1. The van der Waals surface area contributed by atoms with Gasteiger partial charge >= 0.3 is 0 Å². The molecular formula is C18H25N5O. The number of nitrogens with zero attached hydrogens (tertiary/aromatic N) is 3. The molecule has 6 nitrogen and oxygen atoms in total. The van der Waals surface area contributed by atoms with Crippen LogP contribution >= 0.6 is 0 Å². The number of hydrogen-bond donors (Lipinski definition) is 2. The Bertz CT molecular complexity index is 695. The van der Waals surface area contributed by atoms with Crippen LogP contribution in [0.2, 0.25) is 0 Å². The van der Waals surface area contributed by atoms with Crippen molar-refractivity contribution in [3.8, 4) is 0 Å². The van der Waals surface area contributed by atoms with Gasteiger partial charge in [-0.05, 0) is 49.9 Å². The van der Waals surface area contributed by atoms with E-state index < -0.39 is 0 Å². The van der Waals surface area contributed by atoms with Gasteiger partial charge < -0.3 is 9.88 Å². The monoisotopic (exact) mass is 327 g/mol. The van der Waals surface area contributed by atoms with Crippen LogP contribution < -0.4 is 5.43 Å². The number of aromatic nitrogens is 1. The molecular weight excluding hydrogens is 302 g/mol. The molecule has 0 radical (unpaired) electrons. The molecule has 1 fully saturated rings.